The van der Waals surface area contributed by atoms with Crippen molar-refractivity contribution in [1.82, 2.24) is 29.5 Å². The van der Waals surface area contributed by atoms with Crippen molar-refractivity contribution < 1.29 is 4.79 Å². The Labute approximate surface area is 190 Å². The summed E-state index contributed by atoms with van der Waals surface area (Å²) in [6.07, 6.45) is 1.69. The fraction of sp³-hybridized carbons (Fsp3) is 0.0952. The molecule has 9 nitrogen and oxygen atoms in total. The number of thiophene rings is 1. The van der Waals surface area contributed by atoms with Crippen LogP contribution in [0, 0.1) is 6.92 Å². The number of H-pyrrole nitrogens is 1. The van der Waals surface area contributed by atoms with Gasteiger partial charge in [0, 0.05) is 16.0 Å². The van der Waals surface area contributed by atoms with E-state index in [1.807, 2.05) is 23.6 Å². The van der Waals surface area contributed by atoms with E-state index in [0.717, 1.165) is 4.88 Å². The summed E-state index contributed by atoms with van der Waals surface area (Å²) in [5.41, 5.74) is 1.29. The highest BCUT2D eigenvalue weighted by atomic mass is 35.5. The van der Waals surface area contributed by atoms with Gasteiger partial charge in [0.1, 0.15) is 11.2 Å². The number of carbonyl (C=O) groups is 1. The van der Waals surface area contributed by atoms with Gasteiger partial charge in [-0.1, -0.05) is 23.7 Å². The summed E-state index contributed by atoms with van der Waals surface area (Å²) in [5.74, 6) is 0.368. The maximum absolute atomic E-state index is 12.7. The van der Waals surface area contributed by atoms with Gasteiger partial charge < -0.3 is 5.32 Å². The van der Waals surface area contributed by atoms with Crippen LogP contribution in [0.25, 0.3) is 22.7 Å². The van der Waals surface area contributed by atoms with Crippen LogP contribution in [0.15, 0.2) is 58.8 Å². The van der Waals surface area contributed by atoms with Gasteiger partial charge >= 0.3 is 0 Å². The lowest BCUT2D eigenvalue weighted by molar-refractivity contribution is -0.115. The van der Waals surface area contributed by atoms with Gasteiger partial charge in [-0.05, 0) is 36.6 Å². The lowest BCUT2D eigenvalue weighted by Gasteiger charge is -2.09. The topological polar surface area (TPSA) is 110 Å². The quantitative estimate of drug-likeness (QED) is 0.412. The van der Waals surface area contributed by atoms with Crippen molar-refractivity contribution in [3.63, 3.8) is 0 Å². The van der Waals surface area contributed by atoms with E-state index >= 15 is 0 Å². The fourth-order valence-corrected chi connectivity index (χ4v) is 4.20. The Morgan fingerprint density at radius 3 is 2.88 bits per heavy atom. The predicted molar refractivity (Wildman–Crippen MR) is 123 cm³/mol. The van der Waals surface area contributed by atoms with Crippen LogP contribution in [0.5, 0.6) is 0 Å². The third-order valence-electron chi connectivity index (χ3n) is 4.69. The van der Waals surface area contributed by atoms with E-state index in [1.54, 1.807) is 31.2 Å². The van der Waals surface area contributed by atoms with Crippen LogP contribution in [0.3, 0.4) is 0 Å². The molecule has 11 heteroatoms. The van der Waals surface area contributed by atoms with Crippen molar-refractivity contribution in [2.45, 2.75) is 13.3 Å². The number of benzene rings is 1. The second kappa shape index (κ2) is 8.06. The Morgan fingerprint density at radius 1 is 1.22 bits per heavy atom. The summed E-state index contributed by atoms with van der Waals surface area (Å²) in [7, 11) is 0. The van der Waals surface area contributed by atoms with Gasteiger partial charge in [0.25, 0.3) is 5.56 Å². The molecule has 0 spiro atoms. The van der Waals surface area contributed by atoms with Gasteiger partial charge in [-0.2, -0.15) is 19.9 Å². The Hall–Kier alpha value is -3.76. The molecule has 0 aliphatic carbocycles. The average Bonchev–Trinajstić information content (AvgIpc) is 3.48. The first kappa shape index (κ1) is 20.2. The first-order valence-corrected chi connectivity index (χ1v) is 10.9. The Morgan fingerprint density at radius 2 is 2.09 bits per heavy atom. The Kier molecular flexibility index (Phi) is 5.08. The van der Waals surface area contributed by atoms with Crippen molar-refractivity contribution in [2.75, 3.05) is 5.32 Å². The maximum atomic E-state index is 12.7. The number of aromatic amines is 1. The minimum Gasteiger partial charge on any atom is -0.310 e. The smallest absolute Gasteiger partial charge is 0.263 e. The number of halogens is 1. The van der Waals surface area contributed by atoms with Gasteiger partial charge in [0.2, 0.25) is 11.9 Å². The number of aryl methyl sites for hydroxylation is 1. The van der Waals surface area contributed by atoms with Gasteiger partial charge in [-0.15, -0.1) is 11.3 Å². The van der Waals surface area contributed by atoms with E-state index in [9.17, 15) is 9.59 Å². The zero-order chi connectivity index (χ0) is 22.2. The third-order valence-corrected chi connectivity index (χ3v) is 5.80. The lowest BCUT2D eigenvalue weighted by Crippen LogP contribution is -2.19. The van der Waals surface area contributed by atoms with Crippen molar-refractivity contribution in [2.24, 2.45) is 0 Å². The molecule has 0 aliphatic rings. The molecular weight excluding hydrogens is 450 g/mol. The largest absolute Gasteiger partial charge is 0.310 e. The zero-order valence-corrected chi connectivity index (χ0v) is 18.3. The summed E-state index contributed by atoms with van der Waals surface area (Å²) in [6.45, 7) is 1.79. The molecule has 0 unspecified atom stereocenters. The molecule has 0 atom stereocenters. The van der Waals surface area contributed by atoms with E-state index in [2.05, 4.69) is 25.5 Å². The van der Waals surface area contributed by atoms with Crippen molar-refractivity contribution in [1.29, 1.82) is 0 Å². The minimum absolute atomic E-state index is 0.158. The normalized spacial score (nSPS) is 11.2. The van der Waals surface area contributed by atoms with E-state index < -0.39 is 0 Å². The van der Waals surface area contributed by atoms with E-state index in [1.165, 1.54) is 26.9 Å². The van der Waals surface area contributed by atoms with Crippen LogP contribution in [-0.4, -0.2) is 35.4 Å². The first-order chi connectivity index (χ1) is 15.5. The highest BCUT2D eigenvalue weighted by molar-refractivity contribution is 7.10. The summed E-state index contributed by atoms with van der Waals surface area (Å²) >= 11 is 7.62. The second-order valence-electron chi connectivity index (χ2n) is 7.05. The molecule has 160 valence electrons. The van der Waals surface area contributed by atoms with E-state index in [4.69, 9.17) is 11.6 Å². The number of aromatic nitrogens is 6. The molecule has 32 heavy (non-hydrogen) atoms. The molecule has 4 heterocycles. The van der Waals surface area contributed by atoms with Crippen LogP contribution in [0.2, 0.25) is 5.02 Å². The molecule has 0 bridgehead atoms. The highest BCUT2D eigenvalue weighted by Gasteiger charge is 2.17. The first-order valence-electron chi connectivity index (χ1n) is 9.61. The molecule has 1 aromatic carbocycles. The van der Waals surface area contributed by atoms with Gasteiger partial charge in [-0.3, -0.25) is 14.6 Å². The van der Waals surface area contributed by atoms with E-state index in [0.29, 0.717) is 33.3 Å². The predicted octanol–water partition coefficient (Wildman–Crippen LogP) is 3.50. The monoisotopic (exact) mass is 465 g/mol. The molecule has 0 fully saturated rings. The molecule has 1 amide bonds. The number of nitrogens with zero attached hydrogens (tertiary/aromatic N) is 5. The molecule has 2 N–H and O–H groups in total. The number of rotatable bonds is 5. The molecule has 5 rings (SSSR count). The van der Waals surface area contributed by atoms with E-state index in [-0.39, 0.29) is 23.8 Å². The zero-order valence-electron chi connectivity index (χ0n) is 16.7. The SMILES string of the molecule is Cc1cc(NC(=O)Cc2cccs2)n(-c2nc3c(cnn3-c3cccc(Cl)c3)c(=O)[nH]2)n1. The third kappa shape index (κ3) is 3.81. The molecule has 0 saturated heterocycles. The maximum Gasteiger partial charge on any atom is 0.263 e. The summed E-state index contributed by atoms with van der Waals surface area (Å²) in [4.78, 5) is 33.5. The summed E-state index contributed by atoms with van der Waals surface area (Å²) < 4.78 is 2.93. The summed E-state index contributed by atoms with van der Waals surface area (Å²) in [6, 6.07) is 12.6. The highest BCUT2D eigenvalue weighted by Crippen LogP contribution is 2.20. The Bertz CT molecular complexity index is 1500. The number of fused-ring (bicyclic) bond motifs is 1. The van der Waals surface area contributed by atoms with Crippen LogP contribution in [-0.2, 0) is 11.2 Å². The second-order valence-corrected chi connectivity index (χ2v) is 8.52. The average molecular weight is 466 g/mol. The van der Waals surface area contributed by atoms with Gasteiger partial charge in [0.05, 0.1) is 24.0 Å². The molecule has 0 radical (unpaired) electrons. The Balaban J connectivity index is 1.56. The van der Waals surface area contributed by atoms with Gasteiger partial charge in [-0.25, -0.2) is 4.68 Å². The number of hydrogen-bond acceptors (Lipinski definition) is 6. The van der Waals surface area contributed by atoms with Crippen LogP contribution < -0.4 is 10.9 Å². The lowest BCUT2D eigenvalue weighted by atomic mass is 10.3. The van der Waals surface area contributed by atoms with Gasteiger partial charge in [0.15, 0.2) is 5.65 Å². The molecule has 5 aromatic rings. The summed E-state index contributed by atoms with van der Waals surface area (Å²) in [5, 5.41) is 14.3. The number of carbonyl (C=O) groups excluding carboxylic acids is 1. The number of anilines is 1. The molecular formula is C21H16ClN7O2S. The molecule has 0 saturated carbocycles. The van der Waals surface area contributed by atoms with Crippen LogP contribution in [0.4, 0.5) is 5.82 Å². The number of nitrogens with one attached hydrogen (secondary N) is 2. The molecule has 4 aromatic heterocycles. The van der Waals surface area contributed by atoms with Crippen molar-refractivity contribution in [3.8, 4) is 11.6 Å². The fourth-order valence-electron chi connectivity index (χ4n) is 3.31. The standard InChI is InChI=1S/C21H16ClN7O2S/c1-12-8-17(24-18(30)10-15-6-3-7-32-15)29(27-12)21-25-19-16(20(31)26-21)11-23-28(19)14-5-2-4-13(22)9-14/h2-9,11H,10H2,1H3,(H,24,30)(H,25,26,31). The number of amides is 1. The van der Waals surface area contributed by atoms with Crippen LogP contribution in [0.1, 0.15) is 10.6 Å². The van der Waals surface area contributed by atoms with Crippen molar-refractivity contribution in [3.05, 3.63) is 80.0 Å². The van der Waals surface area contributed by atoms with Crippen molar-refractivity contribution >= 4 is 45.7 Å². The van der Waals surface area contributed by atoms with Crippen LogP contribution >= 0.6 is 22.9 Å². The minimum atomic E-state index is -0.373. The number of hydrogen-bond donors (Lipinski definition) is 2. The molecule has 0 aliphatic heterocycles.